The van der Waals surface area contributed by atoms with Crippen LogP contribution in [0.15, 0.2) is 71.7 Å². The van der Waals surface area contributed by atoms with Gasteiger partial charge in [-0.25, -0.2) is 0 Å². The Morgan fingerprint density at radius 3 is 2.32 bits per heavy atom. The van der Waals surface area contributed by atoms with E-state index in [9.17, 15) is 0 Å². The maximum absolute atomic E-state index is 6.29. The van der Waals surface area contributed by atoms with Gasteiger partial charge in [-0.15, -0.1) is 0 Å². The van der Waals surface area contributed by atoms with E-state index in [1.807, 2.05) is 42.5 Å². The topological polar surface area (TPSA) is 21.6 Å². The van der Waals surface area contributed by atoms with Crippen LogP contribution in [0.2, 0.25) is 10.0 Å². The van der Waals surface area contributed by atoms with Crippen molar-refractivity contribution in [3.05, 3.63) is 99.0 Å². The Hall–Kier alpha value is -2.55. The molecule has 1 aliphatic heterocycles. The van der Waals surface area contributed by atoms with Crippen LogP contribution in [0.3, 0.4) is 0 Å². The molecule has 4 rings (SSSR count). The number of hydrogen-bond donors (Lipinski definition) is 0. The number of aliphatic imine (C=N–C) groups is 1. The Labute approximate surface area is 194 Å². The molecule has 0 unspecified atom stereocenters. The largest absolute Gasteiger partial charge is 0.457 e. The summed E-state index contributed by atoms with van der Waals surface area (Å²) in [5.41, 5.74) is 5.65. The predicted molar refractivity (Wildman–Crippen MR) is 132 cm³/mol. The zero-order valence-corrected chi connectivity index (χ0v) is 19.5. The van der Waals surface area contributed by atoms with E-state index in [0.29, 0.717) is 10.0 Å². The van der Waals surface area contributed by atoms with Gasteiger partial charge in [0.25, 0.3) is 0 Å². The Bertz CT molecular complexity index is 1150. The number of allylic oxidation sites excluding steroid dienone is 1. The zero-order valence-electron chi connectivity index (χ0n) is 18.0. The van der Waals surface area contributed by atoms with Gasteiger partial charge in [-0.3, -0.25) is 4.99 Å². The SMILES string of the molecule is CC(C)(C)c1ccc(Oc2ccc3c(c2)CCN=C3C=Cc2ccc(Cl)cc2Cl)cc1. The van der Waals surface area contributed by atoms with Gasteiger partial charge >= 0.3 is 0 Å². The van der Waals surface area contributed by atoms with Crippen molar-refractivity contribution in [2.45, 2.75) is 32.6 Å². The van der Waals surface area contributed by atoms with Crippen LogP contribution >= 0.6 is 23.2 Å². The predicted octanol–water partition coefficient (Wildman–Crippen LogP) is 8.14. The molecule has 3 aromatic rings. The lowest BCUT2D eigenvalue weighted by molar-refractivity contribution is 0.480. The van der Waals surface area contributed by atoms with Crippen LogP contribution < -0.4 is 4.74 Å². The first-order valence-corrected chi connectivity index (χ1v) is 11.1. The van der Waals surface area contributed by atoms with E-state index in [4.69, 9.17) is 32.9 Å². The quantitative estimate of drug-likeness (QED) is 0.393. The van der Waals surface area contributed by atoms with E-state index >= 15 is 0 Å². The van der Waals surface area contributed by atoms with Crippen molar-refractivity contribution in [1.29, 1.82) is 0 Å². The standard InChI is InChI=1S/C27H25Cl2NO/c1-27(2,3)20-6-9-22(10-7-20)31-23-11-12-24-19(16-23)14-15-30-26(24)13-5-18-4-8-21(28)17-25(18)29/h4-13,16-17H,14-15H2,1-3H3. The molecular weight excluding hydrogens is 425 g/mol. The number of fused-ring (bicyclic) bond motifs is 1. The van der Waals surface area contributed by atoms with Crippen molar-refractivity contribution in [3.8, 4) is 11.5 Å². The molecule has 0 spiro atoms. The average Bonchev–Trinajstić information content (AvgIpc) is 2.73. The van der Waals surface area contributed by atoms with Crippen molar-refractivity contribution in [2.75, 3.05) is 6.54 Å². The third-order valence-electron chi connectivity index (χ3n) is 5.36. The molecule has 0 fully saturated rings. The average molecular weight is 450 g/mol. The summed E-state index contributed by atoms with van der Waals surface area (Å²) in [6.45, 7) is 7.38. The van der Waals surface area contributed by atoms with Gasteiger partial charge in [0.15, 0.2) is 0 Å². The normalized spacial score (nSPS) is 13.8. The van der Waals surface area contributed by atoms with Crippen molar-refractivity contribution >= 4 is 35.0 Å². The Kier molecular flexibility index (Phi) is 6.22. The van der Waals surface area contributed by atoms with Crippen LogP contribution in [0.1, 0.15) is 43.0 Å². The van der Waals surface area contributed by atoms with Gasteiger partial charge in [0.2, 0.25) is 0 Å². The fourth-order valence-electron chi connectivity index (χ4n) is 3.58. The summed E-state index contributed by atoms with van der Waals surface area (Å²) in [6.07, 6.45) is 4.89. The highest BCUT2D eigenvalue weighted by atomic mass is 35.5. The van der Waals surface area contributed by atoms with Gasteiger partial charge in [0.1, 0.15) is 11.5 Å². The van der Waals surface area contributed by atoms with Gasteiger partial charge in [-0.1, -0.05) is 68.2 Å². The Balaban J connectivity index is 1.52. The Morgan fingerprint density at radius 2 is 1.61 bits per heavy atom. The van der Waals surface area contributed by atoms with Gasteiger partial charge in [0.05, 0.1) is 5.71 Å². The summed E-state index contributed by atoms with van der Waals surface area (Å²) in [7, 11) is 0. The van der Waals surface area contributed by atoms with Crippen LogP contribution in [0.5, 0.6) is 11.5 Å². The van der Waals surface area contributed by atoms with Crippen LogP contribution in [0.25, 0.3) is 6.08 Å². The monoisotopic (exact) mass is 449 g/mol. The highest BCUT2D eigenvalue weighted by molar-refractivity contribution is 6.35. The minimum Gasteiger partial charge on any atom is -0.457 e. The smallest absolute Gasteiger partial charge is 0.127 e. The van der Waals surface area contributed by atoms with Gasteiger partial charge in [-0.2, -0.15) is 0 Å². The van der Waals surface area contributed by atoms with Crippen LogP contribution in [0.4, 0.5) is 0 Å². The number of ether oxygens (including phenoxy) is 1. The summed E-state index contributed by atoms with van der Waals surface area (Å²) in [4.78, 5) is 4.70. The second kappa shape index (κ2) is 8.90. The summed E-state index contributed by atoms with van der Waals surface area (Å²) < 4.78 is 6.12. The molecule has 0 bridgehead atoms. The maximum atomic E-state index is 6.29. The van der Waals surface area contributed by atoms with Crippen molar-refractivity contribution in [2.24, 2.45) is 4.99 Å². The highest BCUT2D eigenvalue weighted by Gasteiger charge is 2.15. The number of nitrogens with zero attached hydrogens (tertiary/aromatic N) is 1. The molecule has 4 heteroatoms. The van der Waals surface area contributed by atoms with Gasteiger partial charge in [0, 0.05) is 22.2 Å². The lowest BCUT2D eigenvalue weighted by Gasteiger charge is -2.19. The molecule has 0 aliphatic carbocycles. The second-order valence-electron chi connectivity index (χ2n) is 8.71. The van der Waals surface area contributed by atoms with Crippen LogP contribution in [0, 0.1) is 0 Å². The van der Waals surface area contributed by atoms with Crippen LogP contribution in [-0.2, 0) is 11.8 Å². The molecule has 1 aliphatic rings. The molecule has 0 saturated heterocycles. The van der Waals surface area contributed by atoms with E-state index in [1.54, 1.807) is 6.07 Å². The minimum atomic E-state index is 0.129. The first-order chi connectivity index (χ1) is 14.8. The lowest BCUT2D eigenvalue weighted by Crippen LogP contribution is -2.11. The molecule has 0 amide bonds. The first-order valence-electron chi connectivity index (χ1n) is 10.4. The number of benzene rings is 3. The fourth-order valence-corrected chi connectivity index (χ4v) is 4.05. The molecule has 2 nitrogen and oxygen atoms in total. The summed E-state index contributed by atoms with van der Waals surface area (Å²) in [6, 6.07) is 20.0. The van der Waals surface area contributed by atoms with Crippen molar-refractivity contribution in [3.63, 3.8) is 0 Å². The van der Waals surface area contributed by atoms with Crippen LogP contribution in [-0.4, -0.2) is 12.3 Å². The lowest BCUT2D eigenvalue weighted by atomic mass is 9.87. The van der Waals surface area contributed by atoms with E-state index in [0.717, 1.165) is 41.3 Å². The van der Waals surface area contributed by atoms with Crippen molar-refractivity contribution in [1.82, 2.24) is 0 Å². The molecule has 31 heavy (non-hydrogen) atoms. The van der Waals surface area contributed by atoms with E-state index in [2.05, 4.69) is 45.0 Å². The van der Waals surface area contributed by atoms with Crippen molar-refractivity contribution < 1.29 is 4.74 Å². The summed E-state index contributed by atoms with van der Waals surface area (Å²) in [5, 5.41) is 1.25. The zero-order chi connectivity index (χ0) is 22.0. The molecule has 0 saturated carbocycles. The van der Waals surface area contributed by atoms with Gasteiger partial charge in [-0.05, 0) is 77.1 Å². The summed E-state index contributed by atoms with van der Waals surface area (Å²) in [5.74, 6) is 1.68. The summed E-state index contributed by atoms with van der Waals surface area (Å²) >= 11 is 12.3. The van der Waals surface area contributed by atoms with E-state index in [-0.39, 0.29) is 5.41 Å². The maximum Gasteiger partial charge on any atom is 0.127 e. The molecule has 0 atom stereocenters. The number of hydrogen-bond acceptors (Lipinski definition) is 2. The number of rotatable bonds is 4. The first kappa shape index (κ1) is 21.7. The number of halogens is 2. The van der Waals surface area contributed by atoms with E-state index in [1.165, 1.54) is 11.1 Å². The molecule has 3 aromatic carbocycles. The van der Waals surface area contributed by atoms with E-state index < -0.39 is 0 Å². The molecule has 0 aromatic heterocycles. The molecule has 1 heterocycles. The third-order valence-corrected chi connectivity index (χ3v) is 5.92. The minimum absolute atomic E-state index is 0.129. The molecule has 0 N–H and O–H groups in total. The van der Waals surface area contributed by atoms with Gasteiger partial charge < -0.3 is 4.74 Å². The molecule has 0 radical (unpaired) electrons. The Morgan fingerprint density at radius 1 is 0.871 bits per heavy atom. The highest BCUT2D eigenvalue weighted by Crippen LogP contribution is 2.30. The molecular formula is C27H25Cl2NO. The molecule has 158 valence electrons. The third kappa shape index (κ3) is 5.20. The fraction of sp³-hybridized carbons (Fsp3) is 0.222. The second-order valence-corrected chi connectivity index (χ2v) is 9.56.